The lowest BCUT2D eigenvalue weighted by Crippen LogP contribution is -2.15. The summed E-state index contributed by atoms with van der Waals surface area (Å²) in [6.45, 7) is 6.22. The molecule has 15 heavy (non-hydrogen) atoms. The lowest BCUT2D eigenvalue weighted by Gasteiger charge is -2.06. The van der Waals surface area contributed by atoms with Crippen molar-refractivity contribution in [3.8, 4) is 0 Å². The summed E-state index contributed by atoms with van der Waals surface area (Å²) in [4.78, 5) is 0. The van der Waals surface area contributed by atoms with Gasteiger partial charge in [0, 0.05) is 11.6 Å². The molecular formula is C13H18ClN. The Morgan fingerprint density at radius 1 is 1.33 bits per heavy atom. The minimum atomic E-state index is 0.819. The van der Waals surface area contributed by atoms with E-state index < -0.39 is 0 Å². The number of nitrogens with one attached hydrogen (secondary N) is 1. The molecule has 82 valence electrons. The third-order valence-electron chi connectivity index (χ3n) is 2.32. The molecule has 0 aliphatic carbocycles. The molecule has 1 rings (SSSR count). The summed E-state index contributed by atoms with van der Waals surface area (Å²) in [6, 6.07) is 7.94. The van der Waals surface area contributed by atoms with Gasteiger partial charge in [-0.05, 0) is 24.6 Å². The molecular weight excluding hydrogens is 206 g/mol. The molecule has 2 heteroatoms. The molecule has 0 atom stereocenters. The van der Waals surface area contributed by atoms with Crippen molar-refractivity contribution in [2.24, 2.45) is 0 Å². The van der Waals surface area contributed by atoms with Crippen LogP contribution in [0.3, 0.4) is 0 Å². The van der Waals surface area contributed by atoms with E-state index in [2.05, 4.69) is 25.2 Å². The number of rotatable bonds is 5. The molecule has 0 bridgehead atoms. The van der Waals surface area contributed by atoms with Crippen molar-refractivity contribution in [3.63, 3.8) is 0 Å². The zero-order valence-corrected chi connectivity index (χ0v) is 10.1. The molecule has 0 saturated heterocycles. The Hall–Kier alpha value is -0.790. The van der Waals surface area contributed by atoms with Gasteiger partial charge < -0.3 is 5.32 Å². The molecule has 0 amide bonds. The van der Waals surface area contributed by atoms with Gasteiger partial charge in [0.05, 0.1) is 0 Å². The van der Waals surface area contributed by atoms with Crippen LogP contribution in [-0.4, -0.2) is 13.1 Å². The maximum absolute atomic E-state index is 6.09. The average Bonchev–Trinajstić information content (AvgIpc) is 2.26. The van der Waals surface area contributed by atoms with Crippen molar-refractivity contribution in [2.45, 2.75) is 20.3 Å². The van der Waals surface area contributed by atoms with Crippen LogP contribution < -0.4 is 5.32 Å². The van der Waals surface area contributed by atoms with Gasteiger partial charge in [0.15, 0.2) is 0 Å². The number of benzene rings is 1. The van der Waals surface area contributed by atoms with E-state index in [0.717, 1.165) is 30.1 Å². The van der Waals surface area contributed by atoms with E-state index in [-0.39, 0.29) is 0 Å². The van der Waals surface area contributed by atoms with Crippen LogP contribution in [0.15, 0.2) is 29.8 Å². The monoisotopic (exact) mass is 223 g/mol. The number of likely N-dealkylation sites (N-methyl/N-ethyl adjacent to an activating group) is 1. The Balaban J connectivity index is 2.78. The summed E-state index contributed by atoms with van der Waals surface area (Å²) in [5.41, 5.74) is 2.49. The third kappa shape index (κ3) is 4.06. The lowest BCUT2D eigenvalue weighted by atomic mass is 10.1. The van der Waals surface area contributed by atoms with E-state index in [1.54, 1.807) is 0 Å². The van der Waals surface area contributed by atoms with E-state index in [0.29, 0.717) is 0 Å². The van der Waals surface area contributed by atoms with E-state index in [4.69, 9.17) is 11.6 Å². The van der Waals surface area contributed by atoms with Gasteiger partial charge in [0.25, 0.3) is 0 Å². The van der Waals surface area contributed by atoms with Crippen LogP contribution in [0.1, 0.15) is 25.8 Å². The van der Waals surface area contributed by atoms with Crippen LogP contribution in [0.4, 0.5) is 0 Å². The van der Waals surface area contributed by atoms with Gasteiger partial charge in [-0.2, -0.15) is 0 Å². The average molecular weight is 224 g/mol. The molecule has 0 aromatic heterocycles. The highest BCUT2D eigenvalue weighted by atomic mass is 35.5. The molecule has 0 fully saturated rings. The van der Waals surface area contributed by atoms with Crippen molar-refractivity contribution in [3.05, 3.63) is 40.4 Å². The topological polar surface area (TPSA) is 12.0 Å². The Bertz CT molecular complexity index is 331. The largest absolute Gasteiger partial charge is 0.313 e. The molecule has 1 aromatic rings. The lowest BCUT2D eigenvalue weighted by molar-refractivity contribution is 0.762. The summed E-state index contributed by atoms with van der Waals surface area (Å²) in [5.74, 6) is 0. The van der Waals surface area contributed by atoms with Gasteiger partial charge in [-0.1, -0.05) is 55.3 Å². The second-order valence-corrected chi connectivity index (χ2v) is 3.87. The maximum Gasteiger partial charge on any atom is 0.0478 e. The summed E-state index contributed by atoms with van der Waals surface area (Å²) in [5, 5.41) is 4.15. The number of hydrogen-bond donors (Lipinski definition) is 1. The molecule has 1 aromatic carbocycles. The summed E-state index contributed by atoms with van der Waals surface area (Å²) in [6.07, 6.45) is 3.23. The second kappa shape index (κ2) is 6.65. The van der Waals surface area contributed by atoms with Crippen LogP contribution in [0.5, 0.6) is 0 Å². The first-order valence-electron chi connectivity index (χ1n) is 5.42. The van der Waals surface area contributed by atoms with Crippen LogP contribution in [0.2, 0.25) is 5.02 Å². The molecule has 0 radical (unpaired) electrons. The first kappa shape index (κ1) is 12.3. The van der Waals surface area contributed by atoms with Crippen LogP contribution in [0, 0.1) is 0 Å². The Morgan fingerprint density at radius 3 is 2.67 bits per heavy atom. The Morgan fingerprint density at radius 2 is 2.07 bits per heavy atom. The van der Waals surface area contributed by atoms with Gasteiger partial charge in [-0.25, -0.2) is 0 Å². The van der Waals surface area contributed by atoms with E-state index in [1.165, 1.54) is 5.57 Å². The molecule has 0 aliphatic heterocycles. The zero-order valence-electron chi connectivity index (χ0n) is 9.39. The highest BCUT2D eigenvalue weighted by molar-refractivity contribution is 6.32. The van der Waals surface area contributed by atoms with Gasteiger partial charge >= 0.3 is 0 Å². The van der Waals surface area contributed by atoms with Crippen LogP contribution in [0.25, 0.3) is 6.08 Å². The smallest absolute Gasteiger partial charge is 0.0478 e. The number of halogens is 1. The standard InChI is InChI=1S/C13H18ClN/c1-3-11(10-15-4-2)9-12-7-5-6-8-13(12)14/h5-9,15H,3-4,10H2,1-2H3. The summed E-state index contributed by atoms with van der Waals surface area (Å²) >= 11 is 6.09. The van der Waals surface area contributed by atoms with Gasteiger partial charge in [-0.15, -0.1) is 0 Å². The predicted molar refractivity (Wildman–Crippen MR) is 68.3 cm³/mol. The molecule has 0 unspecified atom stereocenters. The van der Waals surface area contributed by atoms with Crippen LogP contribution in [-0.2, 0) is 0 Å². The van der Waals surface area contributed by atoms with Gasteiger partial charge in [0.1, 0.15) is 0 Å². The predicted octanol–water partition coefficient (Wildman–Crippen LogP) is 3.74. The quantitative estimate of drug-likeness (QED) is 0.802. The van der Waals surface area contributed by atoms with Crippen molar-refractivity contribution in [1.82, 2.24) is 5.32 Å². The minimum Gasteiger partial charge on any atom is -0.313 e. The van der Waals surface area contributed by atoms with Crippen molar-refractivity contribution in [2.75, 3.05) is 13.1 Å². The summed E-state index contributed by atoms with van der Waals surface area (Å²) in [7, 11) is 0. The minimum absolute atomic E-state index is 0.819. The van der Waals surface area contributed by atoms with Crippen LogP contribution >= 0.6 is 11.6 Å². The highest BCUT2D eigenvalue weighted by Gasteiger charge is 1.98. The van der Waals surface area contributed by atoms with Crippen molar-refractivity contribution < 1.29 is 0 Å². The second-order valence-electron chi connectivity index (χ2n) is 3.46. The first-order chi connectivity index (χ1) is 7.27. The highest BCUT2D eigenvalue weighted by Crippen LogP contribution is 2.18. The third-order valence-corrected chi connectivity index (χ3v) is 2.67. The fourth-order valence-corrected chi connectivity index (χ4v) is 1.57. The molecule has 1 N–H and O–H groups in total. The Labute approximate surface area is 97.1 Å². The fourth-order valence-electron chi connectivity index (χ4n) is 1.38. The SMILES string of the molecule is CCNCC(=Cc1ccccc1Cl)CC. The van der Waals surface area contributed by atoms with E-state index >= 15 is 0 Å². The van der Waals surface area contributed by atoms with Gasteiger partial charge in [-0.3, -0.25) is 0 Å². The van der Waals surface area contributed by atoms with E-state index in [9.17, 15) is 0 Å². The first-order valence-corrected chi connectivity index (χ1v) is 5.80. The summed E-state index contributed by atoms with van der Waals surface area (Å²) < 4.78 is 0. The zero-order chi connectivity index (χ0) is 11.1. The number of hydrogen-bond acceptors (Lipinski definition) is 1. The molecule has 0 aliphatic rings. The normalized spacial score (nSPS) is 11.8. The van der Waals surface area contributed by atoms with Crippen molar-refractivity contribution in [1.29, 1.82) is 0 Å². The fraction of sp³-hybridized carbons (Fsp3) is 0.385. The van der Waals surface area contributed by atoms with Crippen molar-refractivity contribution >= 4 is 17.7 Å². The maximum atomic E-state index is 6.09. The molecule has 0 saturated carbocycles. The molecule has 0 heterocycles. The van der Waals surface area contributed by atoms with E-state index in [1.807, 2.05) is 24.3 Å². The molecule has 0 spiro atoms. The Kier molecular flexibility index (Phi) is 5.44. The molecule has 1 nitrogen and oxygen atoms in total. The van der Waals surface area contributed by atoms with Gasteiger partial charge in [0.2, 0.25) is 0 Å².